The summed E-state index contributed by atoms with van der Waals surface area (Å²) >= 11 is 0. The first-order chi connectivity index (χ1) is 5.68. The van der Waals surface area contributed by atoms with E-state index < -0.39 is 0 Å². The summed E-state index contributed by atoms with van der Waals surface area (Å²) in [5.41, 5.74) is 0.858. The molecule has 1 aliphatic heterocycles. The molecule has 0 spiro atoms. The van der Waals surface area contributed by atoms with Crippen LogP contribution in [-0.2, 0) is 9.53 Å². The number of carbonyl (C=O) groups is 1. The van der Waals surface area contributed by atoms with Crippen LogP contribution in [0.15, 0.2) is 12.2 Å². The molecule has 12 heavy (non-hydrogen) atoms. The Morgan fingerprint density at radius 1 is 1.75 bits per heavy atom. The van der Waals surface area contributed by atoms with Crippen molar-refractivity contribution in [1.82, 2.24) is 0 Å². The van der Waals surface area contributed by atoms with Crippen LogP contribution in [-0.4, -0.2) is 18.0 Å². The van der Waals surface area contributed by atoms with Crippen molar-refractivity contribution in [2.24, 2.45) is 5.92 Å². The molecule has 1 heterocycles. The summed E-state index contributed by atoms with van der Waals surface area (Å²) in [5.74, 6) is 0.575. The summed E-state index contributed by atoms with van der Waals surface area (Å²) in [5, 5.41) is 0. The van der Waals surface area contributed by atoms with Crippen LogP contribution in [0.25, 0.3) is 0 Å². The predicted octanol–water partition coefficient (Wildman–Crippen LogP) is 1.70. The van der Waals surface area contributed by atoms with Gasteiger partial charge in [-0.1, -0.05) is 12.2 Å². The zero-order chi connectivity index (χ0) is 8.77. The van der Waals surface area contributed by atoms with Crippen molar-refractivity contribution in [3.8, 4) is 0 Å². The molecule has 2 heteroatoms. The third-order valence-corrected chi connectivity index (χ3v) is 3.13. The van der Waals surface area contributed by atoms with Gasteiger partial charge >= 0.3 is 0 Å². The molecule has 2 fully saturated rings. The molecule has 2 nitrogen and oxygen atoms in total. The number of rotatable bonds is 2. The summed E-state index contributed by atoms with van der Waals surface area (Å²) in [7, 11) is 0. The summed E-state index contributed by atoms with van der Waals surface area (Å²) in [6.45, 7) is 5.99. The summed E-state index contributed by atoms with van der Waals surface area (Å²) in [6, 6.07) is 0. The number of allylic oxidation sites excluding steroid dienone is 1. The zero-order valence-electron chi connectivity index (χ0n) is 7.38. The lowest BCUT2D eigenvalue weighted by Crippen LogP contribution is -2.25. The molecule has 0 aromatic rings. The Kier molecular flexibility index (Phi) is 1.62. The Bertz CT molecular complexity index is 234. The van der Waals surface area contributed by atoms with Crippen molar-refractivity contribution in [3.63, 3.8) is 0 Å². The van der Waals surface area contributed by atoms with Gasteiger partial charge in [0.2, 0.25) is 0 Å². The van der Waals surface area contributed by atoms with Crippen LogP contribution in [0.5, 0.6) is 0 Å². The Hall–Kier alpha value is -0.630. The molecule has 0 amide bonds. The number of aldehydes is 1. The maximum atomic E-state index is 10.7. The highest BCUT2D eigenvalue weighted by molar-refractivity contribution is 5.68. The second-order valence-electron chi connectivity index (χ2n) is 4.00. The monoisotopic (exact) mass is 166 g/mol. The van der Waals surface area contributed by atoms with E-state index in [4.69, 9.17) is 4.74 Å². The van der Waals surface area contributed by atoms with Crippen LogP contribution in [0, 0.1) is 5.92 Å². The second kappa shape index (κ2) is 2.43. The highest BCUT2D eigenvalue weighted by atomic mass is 16.6. The number of epoxide rings is 1. The molecule has 1 saturated carbocycles. The van der Waals surface area contributed by atoms with E-state index in [-0.39, 0.29) is 11.7 Å². The molecule has 0 bridgehead atoms. The third kappa shape index (κ3) is 1.02. The lowest BCUT2D eigenvalue weighted by molar-refractivity contribution is -0.112. The Labute approximate surface area is 72.6 Å². The van der Waals surface area contributed by atoms with E-state index in [1.807, 2.05) is 0 Å². The van der Waals surface area contributed by atoms with Crippen LogP contribution < -0.4 is 0 Å². The van der Waals surface area contributed by atoms with Gasteiger partial charge in [0.25, 0.3) is 0 Å². The highest BCUT2D eigenvalue weighted by Crippen LogP contribution is 2.49. The molecule has 0 N–H and O–H groups in total. The van der Waals surface area contributed by atoms with Gasteiger partial charge in [0.1, 0.15) is 5.60 Å². The minimum atomic E-state index is -0.369. The predicted molar refractivity (Wildman–Crippen MR) is 45.8 cm³/mol. The Balaban J connectivity index is 2.00. The molecule has 1 aliphatic carbocycles. The van der Waals surface area contributed by atoms with Gasteiger partial charge in [-0.15, -0.1) is 0 Å². The Morgan fingerprint density at radius 3 is 3.00 bits per heavy atom. The normalized spacial score (nSPS) is 44.8. The smallest absolute Gasteiger partial charge is 0.154 e. The van der Waals surface area contributed by atoms with Gasteiger partial charge in [-0.25, -0.2) is 0 Å². The van der Waals surface area contributed by atoms with Crippen molar-refractivity contribution < 1.29 is 9.53 Å². The molecule has 66 valence electrons. The van der Waals surface area contributed by atoms with E-state index in [1.165, 1.54) is 5.57 Å². The minimum Gasteiger partial charge on any atom is -0.358 e. The molecule has 0 aromatic carbocycles. The van der Waals surface area contributed by atoms with Gasteiger partial charge in [-0.05, 0) is 32.1 Å². The van der Waals surface area contributed by atoms with Crippen molar-refractivity contribution in [3.05, 3.63) is 12.2 Å². The van der Waals surface area contributed by atoms with E-state index >= 15 is 0 Å². The number of ether oxygens (including phenoxy) is 1. The fourth-order valence-corrected chi connectivity index (χ4v) is 2.08. The fourth-order valence-electron chi connectivity index (χ4n) is 2.08. The fraction of sp³-hybridized carbons (Fsp3) is 0.700. The standard InChI is InChI=1S/C10H14O2/c1-7(2)8-3-4-10(6-11)9(5-8)12-10/h6,8-9H,1,3-5H2,2H3/t8-,9?,10+/m1/s1. The molecule has 2 aliphatic rings. The lowest BCUT2D eigenvalue weighted by Gasteiger charge is -2.21. The molecule has 0 aromatic heterocycles. The Morgan fingerprint density at radius 2 is 2.50 bits per heavy atom. The lowest BCUT2D eigenvalue weighted by atomic mass is 9.80. The van der Waals surface area contributed by atoms with Crippen molar-refractivity contribution in [1.29, 1.82) is 0 Å². The maximum absolute atomic E-state index is 10.7. The highest BCUT2D eigenvalue weighted by Gasteiger charge is 2.59. The average molecular weight is 166 g/mol. The van der Waals surface area contributed by atoms with Crippen LogP contribution in [0.4, 0.5) is 0 Å². The summed E-state index contributed by atoms with van der Waals surface area (Å²) in [6.07, 6.45) is 4.12. The molecule has 1 unspecified atom stereocenters. The van der Waals surface area contributed by atoms with Crippen molar-refractivity contribution in [2.45, 2.75) is 37.9 Å². The number of hydrogen-bond acceptors (Lipinski definition) is 2. The van der Waals surface area contributed by atoms with Gasteiger partial charge in [0.05, 0.1) is 6.10 Å². The average Bonchev–Trinajstić information content (AvgIpc) is 2.77. The SMILES string of the molecule is C=C(C)[C@@H]1CC[C@@]2(C=O)OC2C1. The number of carbonyl (C=O) groups excluding carboxylic acids is 1. The molecule has 1 saturated heterocycles. The third-order valence-electron chi connectivity index (χ3n) is 3.13. The van der Waals surface area contributed by atoms with Gasteiger partial charge in [-0.3, -0.25) is 0 Å². The largest absolute Gasteiger partial charge is 0.358 e. The van der Waals surface area contributed by atoms with Crippen molar-refractivity contribution in [2.75, 3.05) is 0 Å². The number of hydrogen-bond donors (Lipinski definition) is 0. The summed E-state index contributed by atoms with van der Waals surface area (Å²) in [4.78, 5) is 10.7. The van der Waals surface area contributed by atoms with Gasteiger partial charge in [0.15, 0.2) is 6.29 Å². The number of fused-ring (bicyclic) bond motifs is 1. The first-order valence-electron chi connectivity index (χ1n) is 4.47. The second-order valence-corrected chi connectivity index (χ2v) is 4.00. The van der Waals surface area contributed by atoms with E-state index in [2.05, 4.69) is 13.5 Å². The van der Waals surface area contributed by atoms with Crippen LogP contribution >= 0.6 is 0 Å². The first kappa shape index (κ1) is 7.99. The molecular formula is C10H14O2. The van der Waals surface area contributed by atoms with Gasteiger partial charge in [0, 0.05) is 0 Å². The molecular weight excluding hydrogens is 152 g/mol. The topological polar surface area (TPSA) is 29.6 Å². The molecule has 3 atom stereocenters. The zero-order valence-corrected chi connectivity index (χ0v) is 7.38. The summed E-state index contributed by atoms with van der Waals surface area (Å²) < 4.78 is 5.39. The first-order valence-corrected chi connectivity index (χ1v) is 4.47. The van der Waals surface area contributed by atoms with Crippen molar-refractivity contribution >= 4 is 6.29 Å². The molecule has 2 rings (SSSR count). The maximum Gasteiger partial charge on any atom is 0.154 e. The van der Waals surface area contributed by atoms with E-state index in [9.17, 15) is 4.79 Å². The molecule has 0 radical (unpaired) electrons. The van der Waals surface area contributed by atoms with Crippen LogP contribution in [0.3, 0.4) is 0 Å². The minimum absolute atomic E-state index is 0.199. The van der Waals surface area contributed by atoms with Crippen LogP contribution in [0.2, 0.25) is 0 Å². The van der Waals surface area contributed by atoms with E-state index in [1.54, 1.807) is 0 Å². The van der Waals surface area contributed by atoms with E-state index in [0.29, 0.717) is 5.92 Å². The van der Waals surface area contributed by atoms with Gasteiger partial charge < -0.3 is 9.53 Å². The van der Waals surface area contributed by atoms with E-state index in [0.717, 1.165) is 25.5 Å². The quantitative estimate of drug-likeness (QED) is 0.355. The van der Waals surface area contributed by atoms with Crippen LogP contribution in [0.1, 0.15) is 26.2 Å². The van der Waals surface area contributed by atoms with Gasteiger partial charge in [-0.2, -0.15) is 0 Å².